The van der Waals surface area contributed by atoms with Crippen molar-refractivity contribution in [1.82, 2.24) is 4.90 Å². The van der Waals surface area contributed by atoms with Gasteiger partial charge in [0.15, 0.2) is 0 Å². The monoisotopic (exact) mass is 298 g/mol. The molecule has 1 rings (SSSR count). The number of nitrogens with two attached hydrogens (primary N) is 1. The van der Waals surface area contributed by atoms with Gasteiger partial charge in [0.1, 0.15) is 11.6 Å². The SMILES string of the molecule is CCCCCN(CCC(N)c1cc(F)cc(F)c1)C(C)C. The van der Waals surface area contributed by atoms with E-state index in [1.165, 1.54) is 31.4 Å². The fraction of sp³-hybridized carbons (Fsp3) is 0.647. The molecule has 0 bridgehead atoms. The predicted octanol–water partition coefficient (Wildman–Crippen LogP) is 4.26. The van der Waals surface area contributed by atoms with E-state index in [1.807, 2.05) is 0 Å². The smallest absolute Gasteiger partial charge is 0.126 e. The van der Waals surface area contributed by atoms with Crippen LogP contribution in [0.1, 0.15) is 58.1 Å². The first kappa shape index (κ1) is 18.1. The molecule has 0 fully saturated rings. The van der Waals surface area contributed by atoms with Crippen LogP contribution in [0.5, 0.6) is 0 Å². The minimum Gasteiger partial charge on any atom is -0.324 e. The number of hydrogen-bond donors (Lipinski definition) is 1. The van der Waals surface area contributed by atoms with Gasteiger partial charge < -0.3 is 10.6 Å². The summed E-state index contributed by atoms with van der Waals surface area (Å²) in [5.74, 6) is -1.13. The highest BCUT2D eigenvalue weighted by atomic mass is 19.1. The van der Waals surface area contributed by atoms with Crippen molar-refractivity contribution >= 4 is 0 Å². The quantitative estimate of drug-likeness (QED) is 0.690. The lowest BCUT2D eigenvalue weighted by atomic mass is 10.0. The van der Waals surface area contributed by atoms with Gasteiger partial charge in [-0.15, -0.1) is 0 Å². The lowest BCUT2D eigenvalue weighted by Gasteiger charge is -2.27. The summed E-state index contributed by atoms with van der Waals surface area (Å²) in [6, 6.07) is 3.65. The summed E-state index contributed by atoms with van der Waals surface area (Å²) in [6.45, 7) is 8.42. The molecule has 0 aliphatic rings. The van der Waals surface area contributed by atoms with Gasteiger partial charge in [0.25, 0.3) is 0 Å². The van der Waals surface area contributed by atoms with Crippen LogP contribution in [-0.2, 0) is 0 Å². The van der Waals surface area contributed by atoms with Crippen molar-refractivity contribution in [3.63, 3.8) is 0 Å². The van der Waals surface area contributed by atoms with E-state index in [1.54, 1.807) is 0 Å². The zero-order valence-corrected chi connectivity index (χ0v) is 13.4. The van der Waals surface area contributed by atoms with Crippen molar-refractivity contribution in [2.24, 2.45) is 5.73 Å². The molecule has 0 saturated carbocycles. The molecule has 21 heavy (non-hydrogen) atoms. The Morgan fingerprint density at radius 3 is 2.19 bits per heavy atom. The van der Waals surface area contributed by atoms with Crippen molar-refractivity contribution in [1.29, 1.82) is 0 Å². The van der Waals surface area contributed by atoms with Crippen molar-refractivity contribution < 1.29 is 8.78 Å². The summed E-state index contributed by atoms with van der Waals surface area (Å²) in [5.41, 5.74) is 6.61. The van der Waals surface area contributed by atoms with E-state index in [-0.39, 0.29) is 6.04 Å². The fourth-order valence-corrected chi connectivity index (χ4v) is 2.45. The lowest BCUT2D eigenvalue weighted by molar-refractivity contribution is 0.209. The average molecular weight is 298 g/mol. The van der Waals surface area contributed by atoms with Crippen LogP contribution in [0.25, 0.3) is 0 Å². The van der Waals surface area contributed by atoms with Gasteiger partial charge in [-0.3, -0.25) is 0 Å². The van der Waals surface area contributed by atoms with Crippen LogP contribution in [0.4, 0.5) is 8.78 Å². The second kappa shape index (κ2) is 9.11. The van der Waals surface area contributed by atoms with Crippen LogP contribution >= 0.6 is 0 Å². The molecule has 0 heterocycles. The third kappa shape index (κ3) is 6.53. The van der Waals surface area contributed by atoms with Crippen LogP contribution in [0, 0.1) is 11.6 Å². The number of hydrogen-bond acceptors (Lipinski definition) is 2. The molecule has 0 aliphatic heterocycles. The van der Waals surface area contributed by atoms with E-state index < -0.39 is 11.6 Å². The molecule has 1 aromatic carbocycles. The number of rotatable bonds is 9. The maximum atomic E-state index is 13.2. The van der Waals surface area contributed by atoms with Gasteiger partial charge in [-0.25, -0.2) is 8.78 Å². The molecular formula is C17H28F2N2. The normalized spacial score (nSPS) is 13.1. The van der Waals surface area contributed by atoms with Crippen molar-refractivity contribution in [3.05, 3.63) is 35.4 Å². The van der Waals surface area contributed by atoms with Crippen LogP contribution in [0.3, 0.4) is 0 Å². The van der Waals surface area contributed by atoms with Crippen LogP contribution in [0.2, 0.25) is 0 Å². The minimum absolute atomic E-state index is 0.331. The van der Waals surface area contributed by atoms with Crippen molar-refractivity contribution in [2.45, 2.75) is 58.5 Å². The summed E-state index contributed by atoms with van der Waals surface area (Å²) in [7, 11) is 0. The van der Waals surface area contributed by atoms with Gasteiger partial charge in [0.2, 0.25) is 0 Å². The number of unbranched alkanes of at least 4 members (excludes halogenated alkanes) is 2. The molecule has 1 unspecified atom stereocenters. The third-order valence-electron chi connectivity index (χ3n) is 3.82. The Kier molecular flexibility index (Phi) is 7.83. The summed E-state index contributed by atoms with van der Waals surface area (Å²) >= 11 is 0. The van der Waals surface area contributed by atoms with Crippen LogP contribution < -0.4 is 5.73 Å². The summed E-state index contributed by atoms with van der Waals surface area (Å²) in [5, 5.41) is 0. The summed E-state index contributed by atoms with van der Waals surface area (Å²) in [6.07, 6.45) is 4.31. The highest BCUT2D eigenvalue weighted by Gasteiger charge is 2.13. The van der Waals surface area contributed by atoms with Crippen molar-refractivity contribution in [3.8, 4) is 0 Å². The van der Waals surface area contributed by atoms with Gasteiger partial charge in [0, 0.05) is 24.7 Å². The lowest BCUT2D eigenvalue weighted by Crippen LogP contribution is -2.34. The van der Waals surface area contributed by atoms with Gasteiger partial charge >= 0.3 is 0 Å². The molecule has 1 atom stereocenters. The van der Waals surface area contributed by atoms with Gasteiger partial charge in [-0.1, -0.05) is 19.8 Å². The minimum atomic E-state index is -0.566. The molecule has 2 N–H and O–H groups in total. The van der Waals surface area contributed by atoms with E-state index in [9.17, 15) is 8.78 Å². The Bertz CT molecular complexity index is 401. The van der Waals surface area contributed by atoms with E-state index >= 15 is 0 Å². The van der Waals surface area contributed by atoms with Crippen LogP contribution in [-0.4, -0.2) is 24.0 Å². The molecule has 0 radical (unpaired) electrons. The molecule has 0 amide bonds. The number of benzene rings is 1. The van der Waals surface area contributed by atoms with E-state index in [4.69, 9.17) is 5.73 Å². The van der Waals surface area contributed by atoms with Gasteiger partial charge in [-0.05, 0) is 50.9 Å². The Morgan fingerprint density at radius 2 is 1.67 bits per heavy atom. The number of nitrogens with zero attached hydrogens (tertiary/aromatic N) is 1. The van der Waals surface area contributed by atoms with E-state index in [2.05, 4.69) is 25.7 Å². The first-order valence-electron chi connectivity index (χ1n) is 7.89. The first-order chi connectivity index (χ1) is 9.93. The Labute approximate surface area is 127 Å². The second-order valence-corrected chi connectivity index (χ2v) is 5.93. The fourth-order valence-electron chi connectivity index (χ4n) is 2.45. The average Bonchev–Trinajstić information content (AvgIpc) is 2.40. The Morgan fingerprint density at radius 1 is 1.05 bits per heavy atom. The molecule has 4 heteroatoms. The molecule has 1 aromatic rings. The summed E-state index contributed by atoms with van der Waals surface area (Å²) in [4.78, 5) is 2.38. The zero-order valence-electron chi connectivity index (χ0n) is 13.4. The maximum Gasteiger partial charge on any atom is 0.126 e. The topological polar surface area (TPSA) is 29.3 Å². The number of halogens is 2. The summed E-state index contributed by atoms with van der Waals surface area (Å²) < 4.78 is 26.4. The Hall–Kier alpha value is -1.00. The molecule has 0 aromatic heterocycles. The molecule has 2 nitrogen and oxygen atoms in total. The standard InChI is InChI=1S/C17H28F2N2/c1-4-5-6-8-21(13(2)3)9-7-17(20)14-10-15(18)12-16(19)11-14/h10-13,17H,4-9,20H2,1-3H3. The van der Waals surface area contributed by atoms with E-state index in [0.717, 1.165) is 19.2 Å². The molecule has 0 spiro atoms. The van der Waals surface area contributed by atoms with E-state index in [0.29, 0.717) is 18.0 Å². The van der Waals surface area contributed by atoms with Crippen molar-refractivity contribution in [2.75, 3.05) is 13.1 Å². The largest absolute Gasteiger partial charge is 0.324 e. The van der Waals surface area contributed by atoms with Crippen LogP contribution in [0.15, 0.2) is 18.2 Å². The maximum absolute atomic E-state index is 13.2. The highest BCUT2D eigenvalue weighted by Crippen LogP contribution is 2.18. The molecule has 0 aliphatic carbocycles. The predicted molar refractivity (Wildman–Crippen MR) is 84.1 cm³/mol. The second-order valence-electron chi connectivity index (χ2n) is 5.93. The molecular weight excluding hydrogens is 270 g/mol. The first-order valence-corrected chi connectivity index (χ1v) is 7.89. The zero-order chi connectivity index (χ0) is 15.8. The molecule has 0 saturated heterocycles. The Balaban J connectivity index is 2.54. The van der Waals surface area contributed by atoms with Gasteiger partial charge in [-0.2, -0.15) is 0 Å². The molecule has 120 valence electrons. The highest BCUT2D eigenvalue weighted by molar-refractivity contribution is 5.21. The third-order valence-corrected chi connectivity index (χ3v) is 3.82. The van der Waals surface area contributed by atoms with Gasteiger partial charge in [0.05, 0.1) is 0 Å².